The SMILES string of the molecule is CCNC(=NCc1ccc(-n2nc(C)cc2C)nc1)NCc1c(CC)noc1CC.I. The molecule has 0 spiro atoms. The summed E-state index contributed by atoms with van der Waals surface area (Å²) in [7, 11) is 0. The Morgan fingerprint density at radius 2 is 1.94 bits per heavy atom. The van der Waals surface area contributed by atoms with Crippen molar-refractivity contribution in [2.75, 3.05) is 6.54 Å². The van der Waals surface area contributed by atoms with Crippen molar-refractivity contribution in [3.63, 3.8) is 0 Å². The molecule has 0 unspecified atom stereocenters. The van der Waals surface area contributed by atoms with E-state index in [1.54, 1.807) is 0 Å². The van der Waals surface area contributed by atoms with Crippen LogP contribution in [0.5, 0.6) is 0 Å². The summed E-state index contributed by atoms with van der Waals surface area (Å²) in [4.78, 5) is 9.25. The Kier molecular flexibility index (Phi) is 9.47. The molecule has 2 N–H and O–H groups in total. The molecule has 0 saturated carbocycles. The molecule has 3 aromatic rings. The van der Waals surface area contributed by atoms with Gasteiger partial charge in [0.25, 0.3) is 0 Å². The number of nitrogens with one attached hydrogen (secondary N) is 2. The number of hydrogen-bond donors (Lipinski definition) is 2. The van der Waals surface area contributed by atoms with Gasteiger partial charge in [-0.25, -0.2) is 14.7 Å². The Bertz CT molecular complexity index is 970. The lowest BCUT2D eigenvalue weighted by atomic mass is 10.1. The highest BCUT2D eigenvalue weighted by molar-refractivity contribution is 14.0. The lowest BCUT2D eigenvalue weighted by molar-refractivity contribution is 0.380. The second-order valence-electron chi connectivity index (χ2n) is 7.15. The van der Waals surface area contributed by atoms with Crippen LogP contribution in [0.1, 0.15) is 54.7 Å². The molecule has 0 bridgehead atoms. The minimum atomic E-state index is 0. The van der Waals surface area contributed by atoms with E-state index in [1.165, 1.54) is 0 Å². The summed E-state index contributed by atoms with van der Waals surface area (Å²) in [5.74, 6) is 2.49. The van der Waals surface area contributed by atoms with Crippen LogP contribution in [0.3, 0.4) is 0 Å². The van der Waals surface area contributed by atoms with Crippen LogP contribution in [0.25, 0.3) is 5.82 Å². The molecule has 31 heavy (non-hydrogen) atoms. The van der Waals surface area contributed by atoms with E-state index in [0.717, 1.165) is 65.1 Å². The van der Waals surface area contributed by atoms with Gasteiger partial charge in [-0.15, -0.1) is 24.0 Å². The van der Waals surface area contributed by atoms with E-state index in [4.69, 9.17) is 9.52 Å². The molecule has 3 aromatic heterocycles. The number of hydrogen-bond acceptors (Lipinski definition) is 5. The number of aromatic nitrogens is 4. The van der Waals surface area contributed by atoms with Crippen LogP contribution in [-0.2, 0) is 25.9 Å². The third kappa shape index (κ3) is 6.28. The van der Waals surface area contributed by atoms with E-state index >= 15 is 0 Å². The predicted octanol–water partition coefficient (Wildman–Crippen LogP) is 3.87. The van der Waals surface area contributed by atoms with Crippen LogP contribution in [0.4, 0.5) is 0 Å². The first-order valence-electron chi connectivity index (χ1n) is 10.5. The summed E-state index contributed by atoms with van der Waals surface area (Å²) in [6.07, 6.45) is 3.52. The first-order chi connectivity index (χ1) is 14.5. The highest BCUT2D eigenvalue weighted by atomic mass is 127. The predicted molar refractivity (Wildman–Crippen MR) is 133 cm³/mol. The van der Waals surface area contributed by atoms with Crippen LogP contribution in [-0.4, -0.2) is 32.4 Å². The minimum absolute atomic E-state index is 0. The Hall–Kier alpha value is -2.43. The zero-order valence-corrected chi connectivity index (χ0v) is 21.2. The fraction of sp³-hybridized carbons (Fsp3) is 0.455. The summed E-state index contributed by atoms with van der Waals surface area (Å²) in [6.45, 7) is 12.2. The van der Waals surface area contributed by atoms with Gasteiger partial charge in [-0.2, -0.15) is 5.10 Å². The summed E-state index contributed by atoms with van der Waals surface area (Å²) < 4.78 is 7.30. The molecule has 0 aliphatic rings. The van der Waals surface area contributed by atoms with Crippen molar-refractivity contribution in [3.8, 4) is 5.82 Å². The first-order valence-corrected chi connectivity index (χ1v) is 10.5. The van der Waals surface area contributed by atoms with Crippen LogP contribution < -0.4 is 10.6 Å². The van der Waals surface area contributed by atoms with Crippen molar-refractivity contribution < 1.29 is 4.52 Å². The third-order valence-electron chi connectivity index (χ3n) is 4.84. The lowest BCUT2D eigenvalue weighted by Gasteiger charge is -2.12. The van der Waals surface area contributed by atoms with Crippen molar-refractivity contribution in [1.29, 1.82) is 0 Å². The summed E-state index contributed by atoms with van der Waals surface area (Å²) >= 11 is 0. The normalized spacial score (nSPS) is 11.3. The number of pyridine rings is 1. The fourth-order valence-corrected chi connectivity index (χ4v) is 3.32. The van der Waals surface area contributed by atoms with Crippen molar-refractivity contribution in [3.05, 3.63) is 58.4 Å². The number of aliphatic imine (C=N–C) groups is 1. The van der Waals surface area contributed by atoms with Crippen LogP contribution >= 0.6 is 24.0 Å². The molecule has 168 valence electrons. The summed E-state index contributed by atoms with van der Waals surface area (Å²) in [6, 6.07) is 6.05. The molecule has 0 aromatic carbocycles. The second kappa shape index (κ2) is 11.8. The molecule has 0 aliphatic heterocycles. The highest BCUT2D eigenvalue weighted by Gasteiger charge is 2.13. The second-order valence-corrected chi connectivity index (χ2v) is 7.15. The smallest absolute Gasteiger partial charge is 0.191 e. The van der Waals surface area contributed by atoms with Gasteiger partial charge in [-0.1, -0.05) is 25.1 Å². The van der Waals surface area contributed by atoms with E-state index < -0.39 is 0 Å². The standard InChI is InChI=1S/C22H31N7O.HI/c1-6-19-18(20(7-2)30-28-19)14-26-22(23-8-3)25-13-17-9-10-21(24-12-17)29-16(5)11-15(4)27-29;/h9-12H,6-8,13-14H2,1-5H3,(H2,23,25,26);1H. The topological polar surface area (TPSA) is 93.2 Å². The van der Waals surface area contributed by atoms with E-state index in [9.17, 15) is 0 Å². The Balaban J connectivity index is 0.00000341. The molecule has 8 nitrogen and oxygen atoms in total. The molecule has 0 atom stereocenters. The molecular formula is C22H32IN7O. The maximum Gasteiger partial charge on any atom is 0.191 e. The molecule has 0 saturated heterocycles. The zero-order chi connectivity index (χ0) is 21.5. The quantitative estimate of drug-likeness (QED) is 0.258. The van der Waals surface area contributed by atoms with Gasteiger partial charge in [-0.05, 0) is 44.9 Å². The van der Waals surface area contributed by atoms with Crippen molar-refractivity contribution in [2.24, 2.45) is 4.99 Å². The number of aryl methyl sites for hydroxylation is 4. The molecule has 0 fully saturated rings. The van der Waals surface area contributed by atoms with Gasteiger partial charge in [0.2, 0.25) is 0 Å². The number of halogens is 1. The molecular weight excluding hydrogens is 505 g/mol. The van der Waals surface area contributed by atoms with Crippen molar-refractivity contribution >= 4 is 29.9 Å². The maximum absolute atomic E-state index is 5.45. The summed E-state index contributed by atoms with van der Waals surface area (Å²) in [5, 5.41) is 15.3. The van der Waals surface area contributed by atoms with Crippen LogP contribution in [0.15, 0.2) is 33.9 Å². The Morgan fingerprint density at radius 3 is 2.52 bits per heavy atom. The number of rotatable bonds is 8. The van der Waals surface area contributed by atoms with E-state index in [1.807, 2.05) is 42.9 Å². The largest absolute Gasteiger partial charge is 0.361 e. The Morgan fingerprint density at radius 1 is 1.13 bits per heavy atom. The maximum atomic E-state index is 5.45. The Labute approximate surface area is 200 Å². The van der Waals surface area contributed by atoms with Gasteiger partial charge in [0.1, 0.15) is 5.76 Å². The van der Waals surface area contributed by atoms with Crippen molar-refractivity contribution in [2.45, 2.75) is 60.5 Å². The average Bonchev–Trinajstić information content (AvgIpc) is 3.31. The molecule has 9 heteroatoms. The number of nitrogens with zero attached hydrogens (tertiary/aromatic N) is 5. The monoisotopic (exact) mass is 537 g/mol. The van der Waals surface area contributed by atoms with Gasteiger partial charge < -0.3 is 15.2 Å². The van der Waals surface area contributed by atoms with Crippen LogP contribution in [0, 0.1) is 13.8 Å². The molecule has 3 rings (SSSR count). The average molecular weight is 537 g/mol. The molecule has 0 aliphatic carbocycles. The minimum Gasteiger partial charge on any atom is -0.361 e. The van der Waals surface area contributed by atoms with Gasteiger partial charge in [0.15, 0.2) is 11.8 Å². The summed E-state index contributed by atoms with van der Waals surface area (Å²) in [5.41, 5.74) is 5.21. The van der Waals surface area contributed by atoms with Gasteiger partial charge >= 0.3 is 0 Å². The zero-order valence-electron chi connectivity index (χ0n) is 18.9. The van der Waals surface area contributed by atoms with E-state index in [-0.39, 0.29) is 24.0 Å². The molecule has 0 amide bonds. The van der Waals surface area contributed by atoms with Gasteiger partial charge in [0.05, 0.1) is 17.9 Å². The van der Waals surface area contributed by atoms with E-state index in [0.29, 0.717) is 13.1 Å². The van der Waals surface area contributed by atoms with Crippen LogP contribution in [0.2, 0.25) is 0 Å². The molecule has 3 heterocycles. The third-order valence-corrected chi connectivity index (χ3v) is 4.84. The number of guanidine groups is 1. The first kappa shape index (κ1) is 24.8. The van der Waals surface area contributed by atoms with Crippen molar-refractivity contribution in [1.82, 2.24) is 30.6 Å². The van der Waals surface area contributed by atoms with E-state index in [2.05, 4.69) is 46.6 Å². The fourth-order valence-electron chi connectivity index (χ4n) is 3.32. The van der Waals surface area contributed by atoms with Gasteiger partial charge in [0, 0.05) is 37.0 Å². The lowest BCUT2D eigenvalue weighted by Crippen LogP contribution is -2.37. The van der Waals surface area contributed by atoms with Gasteiger partial charge in [-0.3, -0.25) is 0 Å². The highest BCUT2D eigenvalue weighted by Crippen LogP contribution is 2.15. The molecule has 0 radical (unpaired) electrons.